The van der Waals surface area contributed by atoms with Crippen molar-refractivity contribution in [3.05, 3.63) is 36.7 Å². The lowest BCUT2D eigenvalue weighted by atomic mass is 9.93. The number of amides is 1. The largest absolute Gasteiger partial charge is 0.477 e. The Hall–Kier alpha value is -2.77. The van der Waals surface area contributed by atoms with Crippen LogP contribution in [0.15, 0.2) is 30.9 Å². The van der Waals surface area contributed by atoms with Crippen LogP contribution < -0.4 is 14.8 Å². The van der Waals surface area contributed by atoms with E-state index in [0.29, 0.717) is 11.8 Å². The number of aromatic nitrogens is 4. The maximum atomic E-state index is 12.1. The van der Waals surface area contributed by atoms with Crippen molar-refractivity contribution in [1.29, 1.82) is 0 Å². The van der Waals surface area contributed by atoms with Crippen LogP contribution in [0.5, 0.6) is 11.8 Å². The summed E-state index contributed by atoms with van der Waals surface area (Å²) in [5.74, 6) is 0.745. The van der Waals surface area contributed by atoms with Crippen molar-refractivity contribution in [1.82, 2.24) is 25.3 Å². The summed E-state index contributed by atoms with van der Waals surface area (Å²) in [4.78, 5) is 28.2. The summed E-state index contributed by atoms with van der Waals surface area (Å²) in [5, 5.41) is 2.97. The maximum absolute atomic E-state index is 12.1. The van der Waals surface area contributed by atoms with Gasteiger partial charge in [0.1, 0.15) is 6.10 Å². The molecule has 1 fully saturated rings. The van der Waals surface area contributed by atoms with Crippen LogP contribution in [0.25, 0.3) is 0 Å². The predicted octanol–water partition coefficient (Wildman–Crippen LogP) is 1.40. The molecule has 0 atom stereocenters. The number of hydrogen-bond acceptors (Lipinski definition) is 7. The number of ether oxygens (including phenoxy) is 2. The fraction of sp³-hybridized carbons (Fsp3) is 0.438. The second-order valence-electron chi connectivity index (χ2n) is 5.51. The molecular weight excluding hydrogens is 310 g/mol. The minimum atomic E-state index is -0.240. The summed E-state index contributed by atoms with van der Waals surface area (Å²) >= 11 is 0. The van der Waals surface area contributed by atoms with Crippen molar-refractivity contribution in [3.63, 3.8) is 0 Å². The molecule has 1 N–H and O–H groups in total. The SMILES string of the molecule is COc1nccnc1OC1CCC(NC(=O)c2ncccn2)CC1. The molecule has 8 heteroatoms. The Kier molecular flexibility index (Phi) is 5.15. The summed E-state index contributed by atoms with van der Waals surface area (Å²) in [6, 6.07) is 1.78. The van der Waals surface area contributed by atoms with Gasteiger partial charge < -0.3 is 14.8 Å². The first-order valence-electron chi connectivity index (χ1n) is 7.86. The molecular formula is C16H19N5O3. The molecule has 0 unspecified atom stereocenters. The van der Waals surface area contributed by atoms with Crippen molar-refractivity contribution in [2.45, 2.75) is 37.8 Å². The van der Waals surface area contributed by atoms with Crippen LogP contribution in [-0.2, 0) is 0 Å². The molecule has 2 aromatic rings. The topological polar surface area (TPSA) is 99.1 Å². The fourth-order valence-corrected chi connectivity index (χ4v) is 2.68. The summed E-state index contributed by atoms with van der Waals surface area (Å²) < 4.78 is 11.0. The second-order valence-corrected chi connectivity index (χ2v) is 5.51. The third kappa shape index (κ3) is 3.95. The van der Waals surface area contributed by atoms with Crippen LogP contribution in [0.1, 0.15) is 36.3 Å². The first-order chi connectivity index (χ1) is 11.8. The molecule has 0 aliphatic heterocycles. The standard InChI is InChI=1S/C16H19N5O3/c1-23-15-16(20-10-9-19-15)24-12-5-3-11(4-6-12)21-14(22)13-17-7-2-8-18-13/h2,7-12H,3-6H2,1H3,(H,21,22). The van der Waals surface area contributed by atoms with Crippen LogP contribution in [0.3, 0.4) is 0 Å². The van der Waals surface area contributed by atoms with Gasteiger partial charge in [0.2, 0.25) is 5.82 Å². The molecule has 0 aromatic carbocycles. The molecule has 0 saturated heterocycles. The van der Waals surface area contributed by atoms with E-state index in [1.165, 1.54) is 7.11 Å². The minimum Gasteiger partial charge on any atom is -0.477 e. The number of hydrogen-bond donors (Lipinski definition) is 1. The Labute approximate surface area is 139 Å². The number of carbonyl (C=O) groups excluding carboxylic acids is 1. The van der Waals surface area contributed by atoms with E-state index in [2.05, 4.69) is 25.3 Å². The van der Waals surface area contributed by atoms with Gasteiger partial charge in [0.15, 0.2) is 0 Å². The third-order valence-corrected chi connectivity index (χ3v) is 3.88. The smallest absolute Gasteiger partial charge is 0.289 e. The molecule has 1 saturated carbocycles. The normalized spacial score (nSPS) is 20.2. The summed E-state index contributed by atoms with van der Waals surface area (Å²) in [5.41, 5.74) is 0. The van der Waals surface area contributed by atoms with E-state index >= 15 is 0 Å². The molecule has 2 heterocycles. The minimum absolute atomic E-state index is 0.0386. The number of nitrogens with zero attached hydrogens (tertiary/aromatic N) is 4. The van der Waals surface area contributed by atoms with Crippen LogP contribution in [0.2, 0.25) is 0 Å². The Morgan fingerprint density at radius 1 is 1.00 bits per heavy atom. The van der Waals surface area contributed by atoms with E-state index in [9.17, 15) is 4.79 Å². The van der Waals surface area contributed by atoms with Crippen LogP contribution in [-0.4, -0.2) is 45.1 Å². The average Bonchev–Trinajstić information content (AvgIpc) is 2.64. The zero-order chi connectivity index (χ0) is 16.8. The van der Waals surface area contributed by atoms with Gasteiger partial charge in [-0.3, -0.25) is 4.79 Å². The highest BCUT2D eigenvalue weighted by Gasteiger charge is 2.25. The van der Waals surface area contributed by atoms with Crippen molar-refractivity contribution in [2.24, 2.45) is 0 Å². The van der Waals surface area contributed by atoms with E-state index in [4.69, 9.17) is 9.47 Å². The molecule has 0 radical (unpaired) electrons. The first-order valence-corrected chi connectivity index (χ1v) is 7.86. The van der Waals surface area contributed by atoms with Crippen molar-refractivity contribution in [3.8, 4) is 11.8 Å². The number of methoxy groups -OCH3 is 1. The third-order valence-electron chi connectivity index (χ3n) is 3.88. The predicted molar refractivity (Wildman–Crippen MR) is 84.8 cm³/mol. The van der Waals surface area contributed by atoms with Crippen molar-refractivity contribution < 1.29 is 14.3 Å². The summed E-state index contributed by atoms with van der Waals surface area (Å²) in [7, 11) is 1.54. The Bertz CT molecular complexity index is 674. The average molecular weight is 329 g/mol. The van der Waals surface area contributed by atoms with Gasteiger partial charge in [0, 0.05) is 30.8 Å². The number of rotatable bonds is 5. The Morgan fingerprint density at radius 3 is 2.33 bits per heavy atom. The van der Waals surface area contributed by atoms with E-state index in [1.807, 2.05) is 0 Å². The fourth-order valence-electron chi connectivity index (χ4n) is 2.68. The van der Waals surface area contributed by atoms with Gasteiger partial charge >= 0.3 is 0 Å². The molecule has 24 heavy (non-hydrogen) atoms. The van der Waals surface area contributed by atoms with Crippen LogP contribution in [0, 0.1) is 0 Å². The Morgan fingerprint density at radius 2 is 1.67 bits per heavy atom. The maximum Gasteiger partial charge on any atom is 0.289 e. The van der Waals surface area contributed by atoms with Gasteiger partial charge in [0.25, 0.3) is 17.7 Å². The molecule has 2 aromatic heterocycles. The summed E-state index contributed by atoms with van der Waals surface area (Å²) in [6.45, 7) is 0. The van der Waals surface area contributed by atoms with Crippen LogP contribution in [0.4, 0.5) is 0 Å². The van der Waals surface area contributed by atoms with Gasteiger partial charge in [0.05, 0.1) is 7.11 Å². The van der Waals surface area contributed by atoms with Gasteiger partial charge in [-0.15, -0.1) is 0 Å². The van der Waals surface area contributed by atoms with Gasteiger partial charge in [-0.05, 0) is 31.7 Å². The van der Waals surface area contributed by atoms with Gasteiger partial charge in [-0.1, -0.05) is 0 Å². The highest BCUT2D eigenvalue weighted by molar-refractivity contribution is 5.90. The monoisotopic (exact) mass is 329 g/mol. The van der Waals surface area contributed by atoms with Crippen molar-refractivity contribution >= 4 is 5.91 Å². The lowest BCUT2D eigenvalue weighted by Crippen LogP contribution is -2.40. The van der Waals surface area contributed by atoms with Crippen molar-refractivity contribution in [2.75, 3.05) is 7.11 Å². The molecule has 3 rings (SSSR count). The molecule has 126 valence electrons. The van der Waals surface area contributed by atoms with Crippen LogP contribution >= 0.6 is 0 Å². The Balaban J connectivity index is 1.50. The second kappa shape index (κ2) is 7.67. The van der Waals surface area contributed by atoms with E-state index in [0.717, 1.165) is 25.7 Å². The zero-order valence-electron chi connectivity index (χ0n) is 13.4. The number of nitrogens with one attached hydrogen (secondary N) is 1. The first kappa shape index (κ1) is 16.1. The van der Waals surface area contributed by atoms with E-state index in [1.54, 1.807) is 30.9 Å². The quantitative estimate of drug-likeness (QED) is 0.885. The highest BCUT2D eigenvalue weighted by Crippen LogP contribution is 2.27. The lowest BCUT2D eigenvalue weighted by Gasteiger charge is -2.29. The molecule has 0 spiro atoms. The molecule has 1 aliphatic rings. The molecule has 0 bridgehead atoms. The molecule has 1 amide bonds. The van der Waals surface area contributed by atoms with E-state index < -0.39 is 0 Å². The van der Waals surface area contributed by atoms with Gasteiger partial charge in [-0.25, -0.2) is 19.9 Å². The molecule has 1 aliphatic carbocycles. The van der Waals surface area contributed by atoms with E-state index in [-0.39, 0.29) is 23.9 Å². The lowest BCUT2D eigenvalue weighted by molar-refractivity contribution is 0.0876. The van der Waals surface area contributed by atoms with Gasteiger partial charge in [-0.2, -0.15) is 0 Å². The molecule has 8 nitrogen and oxygen atoms in total. The zero-order valence-corrected chi connectivity index (χ0v) is 13.4. The highest BCUT2D eigenvalue weighted by atomic mass is 16.5. The summed E-state index contributed by atoms with van der Waals surface area (Å²) in [6.07, 6.45) is 9.57. The number of carbonyl (C=O) groups is 1.